The second-order valence-corrected chi connectivity index (χ2v) is 6.44. The van der Waals surface area contributed by atoms with Crippen molar-refractivity contribution in [3.05, 3.63) is 24.0 Å². The molecule has 1 aromatic heterocycles. The van der Waals surface area contributed by atoms with Crippen LogP contribution < -0.4 is 5.32 Å². The van der Waals surface area contributed by atoms with Gasteiger partial charge in [-0.05, 0) is 30.7 Å². The quantitative estimate of drug-likeness (QED) is 0.842. The van der Waals surface area contributed by atoms with Crippen LogP contribution in [0.5, 0.6) is 0 Å². The summed E-state index contributed by atoms with van der Waals surface area (Å²) in [6.45, 7) is 2.19. The number of thioether (sulfide) groups is 1. The molecule has 1 aliphatic carbocycles. The van der Waals surface area contributed by atoms with Gasteiger partial charge in [-0.3, -0.25) is 4.79 Å². The highest BCUT2D eigenvalue weighted by atomic mass is 32.2. The molecule has 2 unspecified atom stereocenters. The molecule has 1 saturated carbocycles. The first-order chi connectivity index (χ1) is 9.61. The van der Waals surface area contributed by atoms with Crippen molar-refractivity contribution >= 4 is 23.6 Å². The Morgan fingerprint density at radius 1 is 1.50 bits per heavy atom. The van der Waals surface area contributed by atoms with Crippen LogP contribution >= 0.6 is 11.8 Å². The van der Waals surface area contributed by atoms with E-state index in [0.29, 0.717) is 5.25 Å². The molecule has 2 rings (SSSR count). The average Bonchev–Trinajstić information content (AvgIpc) is 3.00. The Morgan fingerprint density at radius 3 is 3.00 bits per heavy atom. The molecule has 0 bridgehead atoms. The molecule has 2 N–H and O–H groups in total. The fraction of sp³-hybridized carbons (Fsp3) is 0.571. The van der Waals surface area contributed by atoms with Crippen molar-refractivity contribution in [1.29, 1.82) is 0 Å². The Morgan fingerprint density at radius 2 is 2.30 bits per heavy atom. The normalized spacial score (nSPS) is 21.9. The number of amides is 1. The summed E-state index contributed by atoms with van der Waals surface area (Å²) in [5.41, 5.74) is 0.144. The largest absolute Gasteiger partial charge is 0.477 e. The molecule has 5 nitrogen and oxygen atoms in total. The molecule has 2 atom stereocenters. The Bertz CT molecular complexity index is 487. The Hall–Kier alpha value is -1.43. The zero-order valence-corrected chi connectivity index (χ0v) is 12.4. The van der Waals surface area contributed by atoms with Crippen molar-refractivity contribution in [2.45, 2.75) is 44.0 Å². The van der Waals surface area contributed by atoms with Gasteiger partial charge in [0.15, 0.2) is 0 Å². The Kier molecular flexibility index (Phi) is 5.11. The van der Waals surface area contributed by atoms with Crippen molar-refractivity contribution in [2.75, 3.05) is 5.75 Å². The van der Waals surface area contributed by atoms with Gasteiger partial charge in [-0.25, -0.2) is 4.79 Å². The van der Waals surface area contributed by atoms with Crippen LogP contribution in [0.4, 0.5) is 0 Å². The standard InChI is InChI=1S/C14H20N2O3S/c1-2-20-12-7-3-5-10(12)15-13(17)9-16-8-4-6-11(16)14(18)19/h4,6,8,10,12H,2-3,5,7,9H2,1H3,(H,15,17)(H,18,19). The van der Waals surface area contributed by atoms with E-state index in [0.717, 1.165) is 25.0 Å². The minimum Gasteiger partial charge on any atom is -0.477 e. The number of carbonyl (C=O) groups is 2. The smallest absolute Gasteiger partial charge is 0.352 e. The lowest BCUT2D eigenvalue weighted by molar-refractivity contribution is -0.122. The van der Waals surface area contributed by atoms with Gasteiger partial charge in [0, 0.05) is 17.5 Å². The summed E-state index contributed by atoms with van der Waals surface area (Å²) >= 11 is 1.89. The van der Waals surface area contributed by atoms with Gasteiger partial charge >= 0.3 is 5.97 Å². The van der Waals surface area contributed by atoms with Gasteiger partial charge in [0.2, 0.25) is 5.91 Å². The predicted octanol–water partition coefficient (Wildman–Crippen LogP) is 1.98. The lowest BCUT2D eigenvalue weighted by Gasteiger charge is -2.20. The van der Waals surface area contributed by atoms with Crippen molar-refractivity contribution in [2.24, 2.45) is 0 Å². The van der Waals surface area contributed by atoms with E-state index in [1.54, 1.807) is 12.3 Å². The van der Waals surface area contributed by atoms with Crippen LogP contribution in [-0.4, -0.2) is 38.6 Å². The number of carbonyl (C=O) groups excluding carboxylic acids is 1. The molecule has 0 radical (unpaired) electrons. The number of aromatic carboxylic acids is 1. The van der Waals surface area contributed by atoms with Crippen LogP contribution in [0.3, 0.4) is 0 Å². The first kappa shape index (κ1) is 15.0. The van der Waals surface area contributed by atoms with Gasteiger partial charge in [0.25, 0.3) is 0 Å². The molecule has 0 spiro atoms. The molecule has 0 aromatic carbocycles. The zero-order chi connectivity index (χ0) is 14.5. The van der Waals surface area contributed by atoms with E-state index in [4.69, 9.17) is 5.11 Å². The van der Waals surface area contributed by atoms with E-state index in [1.807, 2.05) is 11.8 Å². The number of rotatable bonds is 6. The fourth-order valence-corrected chi connectivity index (χ4v) is 3.86. The zero-order valence-electron chi connectivity index (χ0n) is 11.5. The molecule has 1 heterocycles. The topological polar surface area (TPSA) is 71.3 Å². The highest BCUT2D eigenvalue weighted by Gasteiger charge is 2.28. The van der Waals surface area contributed by atoms with Gasteiger partial charge in [0.05, 0.1) is 0 Å². The van der Waals surface area contributed by atoms with Crippen LogP contribution in [-0.2, 0) is 11.3 Å². The molecule has 0 aliphatic heterocycles. The van der Waals surface area contributed by atoms with Crippen molar-refractivity contribution in [3.63, 3.8) is 0 Å². The average molecular weight is 296 g/mol. The summed E-state index contributed by atoms with van der Waals surface area (Å²) < 4.78 is 1.47. The lowest BCUT2D eigenvalue weighted by Crippen LogP contribution is -2.40. The Labute approximate surface area is 122 Å². The van der Waals surface area contributed by atoms with E-state index in [1.165, 1.54) is 10.6 Å². The third kappa shape index (κ3) is 3.56. The van der Waals surface area contributed by atoms with E-state index in [-0.39, 0.29) is 24.2 Å². The third-order valence-electron chi connectivity index (χ3n) is 3.54. The summed E-state index contributed by atoms with van der Waals surface area (Å²) in [6, 6.07) is 3.36. The number of hydrogen-bond donors (Lipinski definition) is 2. The number of hydrogen-bond acceptors (Lipinski definition) is 3. The lowest BCUT2D eigenvalue weighted by atomic mass is 10.2. The van der Waals surface area contributed by atoms with Crippen LogP contribution in [0.15, 0.2) is 18.3 Å². The van der Waals surface area contributed by atoms with Crippen molar-refractivity contribution < 1.29 is 14.7 Å². The van der Waals surface area contributed by atoms with Crippen LogP contribution in [0.2, 0.25) is 0 Å². The highest BCUT2D eigenvalue weighted by Crippen LogP contribution is 2.29. The van der Waals surface area contributed by atoms with Gasteiger partial charge < -0.3 is 15.0 Å². The van der Waals surface area contributed by atoms with E-state index in [9.17, 15) is 9.59 Å². The monoisotopic (exact) mass is 296 g/mol. The maximum Gasteiger partial charge on any atom is 0.352 e. The molecule has 6 heteroatoms. The molecule has 1 fully saturated rings. The van der Waals surface area contributed by atoms with Crippen LogP contribution in [0.1, 0.15) is 36.7 Å². The predicted molar refractivity (Wildman–Crippen MR) is 79.1 cm³/mol. The summed E-state index contributed by atoms with van der Waals surface area (Å²) in [4.78, 5) is 23.0. The first-order valence-corrected chi connectivity index (χ1v) is 7.96. The van der Waals surface area contributed by atoms with E-state index in [2.05, 4.69) is 12.2 Å². The molecule has 110 valence electrons. The number of nitrogens with zero attached hydrogens (tertiary/aromatic N) is 1. The molecule has 20 heavy (non-hydrogen) atoms. The van der Waals surface area contributed by atoms with E-state index < -0.39 is 5.97 Å². The van der Waals surface area contributed by atoms with Crippen molar-refractivity contribution in [3.8, 4) is 0 Å². The fourth-order valence-electron chi connectivity index (χ4n) is 2.66. The summed E-state index contributed by atoms with van der Waals surface area (Å²) in [5, 5.41) is 12.5. The summed E-state index contributed by atoms with van der Waals surface area (Å²) in [6.07, 6.45) is 4.93. The number of carboxylic acid groups (broad SMARTS) is 1. The van der Waals surface area contributed by atoms with Gasteiger partial charge in [-0.2, -0.15) is 11.8 Å². The van der Waals surface area contributed by atoms with Crippen LogP contribution in [0.25, 0.3) is 0 Å². The maximum atomic E-state index is 12.1. The molecular formula is C14H20N2O3S. The first-order valence-electron chi connectivity index (χ1n) is 6.91. The molecule has 1 aromatic rings. The third-order valence-corrected chi connectivity index (χ3v) is 4.87. The highest BCUT2D eigenvalue weighted by molar-refractivity contribution is 7.99. The minimum atomic E-state index is -1.01. The second kappa shape index (κ2) is 6.83. The summed E-state index contributed by atoms with van der Waals surface area (Å²) in [5.74, 6) is -0.0713. The van der Waals surface area contributed by atoms with Crippen molar-refractivity contribution in [1.82, 2.24) is 9.88 Å². The summed E-state index contributed by atoms with van der Waals surface area (Å²) in [7, 11) is 0. The minimum absolute atomic E-state index is 0.0641. The second-order valence-electron chi connectivity index (χ2n) is 4.93. The molecule has 1 amide bonds. The van der Waals surface area contributed by atoms with Gasteiger partial charge in [0.1, 0.15) is 12.2 Å². The molecular weight excluding hydrogens is 276 g/mol. The number of carboxylic acids is 1. The Balaban J connectivity index is 1.92. The van der Waals surface area contributed by atoms with Crippen LogP contribution in [0, 0.1) is 0 Å². The van der Waals surface area contributed by atoms with Gasteiger partial charge in [-0.1, -0.05) is 13.3 Å². The number of aromatic nitrogens is 1. The molecule has 1 aliphatic rings. The number of nitrogens with one attached hydrogen (secondary N) is 1. The van der Waals surface area contributed by atoms with E-state index >= 15 is 0 Å². The maximum absolute atomic E-state index is 12.1. The SMILES string of the molecule is CCSC1CCCC1NC(=O)Cn1cccc1C(=O)O. The molecule has 0 saturated heterocycles. The van der Waals surface area contributed by atoms with Gasteiger partial charge in [-0.15, -0.1) is 0 Å².